The molecule has 3 N–H and O–H groups in total. The molecule has 18 heavy (non-hydrogen) atoms. The maximum Gasteiger partial charge on any atom is 0.234 e. The maximum atomic E-state index is 13.0. The lowest BCUT2D eigenvalue weighted by atomic mass is 9.95. The van der Waals surface area contributed by atoms with Gasteiger partial charge in [-0.05, 0) is 18.1 Å². The second-order valence-corrected chi connectivity index (χ2v) is 4.71. The summed E-state index contributed by atoms with van der Waals surface area (Å²) in [7, 11) is 0. The summed E-state index contributed by atoms with van der Waals surface area (Å²) in [6.45, 7) is 3.60. The van der Waals surface area contributed by atoms with Crippen molar-refractivity contribution >= 4 is 28.8 Å². The summed E-state index contributed by atoms with van der Waals surface area (Å²) < 4.78 is 25.7. The fraction of sp³-hybridized carbons (Fsp3) is 0.333. The van der Waals surface area contributed by atoms with Gasteiger partial charge in [-0.15, -0.1) is 0 Å². The van der Waals surface area contributed by atoms with Gasteiger partial charge in [-0.2, -0.15) is 0 Å². The number of thiocarbonyl (C=S) groups is 1. The van der Waals surface area contributed by atoms with Gasteiger partial charge in [-0.25, -0.2) is 8.78 Å². The number of carbonyl (C=O) groups excluding carboxylic acids is 1. The van der Waals surface area contributed by atoms with Gasteiger partial charge in [-0.1, -0.05) is 26.1 Å². The van der Waals surface area contributed by atoms with Crippen LogP contribution in [0.15, 0.2) is 18.2 Å². The van der Waals surface area contributed by atoms with Crippen LogP contribution in [0.3, 0.4) is 0 Å². The van der Waals surface area contributed by atoms with E-state index < -0.39 is 23.5 Å². The number of rotatable bonds is 4. The predicted molar refractivity (Wildman–Crippen MR) is 70.1 cm³/mol. The molecule has 0 saturated carbocycles. The topological polar surface area (TPSA) is 55.1 Å². The number of amides is 1. The number of carbonyl (C=O) groups is 1. The molecular weight excluding hydrogens is 258 g/mol. The Morgan fingerprint density at radius 2 is 1.94 bits per heavy atom. The third kappa shape index (κ3) is 3.46. The standard InChI is InChI=1S/C12H14F2N2OS/c1-6(2)10(11(15)18)12(17)16-7-3-4-8(13)9(14)5-7/h3-6,10H,1-2H3,(H2,15,18)(H,16,17). The van der Waals surface area contributed by atoms with Crippen molar-refractivity contribution in [1.82, 2.24) is 0 Å². The van der Waals surface area contributed by atoms with E-state index >= 15 is 0 Å². The quantitative estimate of drug-likeness (QED) is 0.828. The first-order valence-corrected chi connectivity index (χ1v) is 5.79. The van der Waals surface area contributed by atoms with Crippen LogP contribution in [0.2, 0.25) is 0 Å². The van der Waals surface area contributed by atoms with Crippen LogP contribution in [0, 0.1) is 23.5 Å². The fourth-order valence-corrected chi connectivity index (χ4v) is 1.93. The molecule has 6 heteroatoms. The Morgan fingerprint density at radius 1 is 1.33 bits per heavy atom. The zero-order chi connectivity index (χ0) is 13.9. The summed E-state index contributed by atoms with van der Waals surface area (Å²) in [5.74, 6) is -3.14. The van der Waals surface area contributed by atoms with Crippen molar-refractivity contribution in [3.8, 4) is 0 Å². The van der Waals surface area contributed by atoms with Gasteiger partial charge >= 0.3 is 0 Å². The lowest BCUT2D eigenvalue weighted by molar-refractivity contribution is -0.118. The third-order valence-corrected chi connectivity index (χ3v) is 2.70. The first-order valence-electron chi connectivity index (χ1n) is 5.38. The zero-order valence-electron chi connectivity index (χ0n) is 10.0. The summed E-state index contributed by atoms with van der Waals surface area (Å²) in [5, 5.41) is 2.46. The number of hydrogen-bond acceptors (Lipinski definition) is 2. The predicted octanol–water partition coefficient (Wildman–Crippen LogP) is 2.46. The van der Waals surface area contributed by atoms with Gasteiger partial charge in [0, 0.05) is 11.8 Å². The molecule has 98 valence electrons. The van der Waals surface area contributed by atoms with Crippen molar-refractivity contribution in [2.75, 3.05) is 5.32 Å². The molecule has 0 saturated heterocycles. The molecule has 0 radical (unpaired) electrons. The normalized spacial score (nSPS) is 12.3. The number of nitrogens with two attached hydrogens (primary N) is 1. The number of halogens is 2. The van der Waals surface area contributed by atoms with Gasteiger partial charge in [0.25, 0.3) is 0 Å². The van der Waals surface area contributed by atoms with E-state index in [2.05, 4.69) is 5.32 Å². The summed E-state index contributed by atoms with van der Waals surface area (Å²) in [5.41, 5.74) is 5.65. The van der Waals surface area contributed by atoms with E-state index in [-0.39, 0.29) is 16.6 Å². The summed E-state index contributed by atoms with van der Waals surface area (Å²) >= 11 is 4.82. The second kappa shape index (κ2) is 5.86. The highest BCUT2D eigenvalue weighted by Gasteiger charge is 2.25. The molecule has 1 rings (SSSR count). The molecule has 0 aliphatic carbocycles. The molecule has 0 heterocycles. The molecule has 3 nitrogen and oxygen atoms in total. The molecule has 0 fully saturated rings. The van der Waals surface area contributed by atoms with Crippen molar-refractivity contribution in [2.45, 2.75) is 13.8 Å². The maximum absolute atomic E-state index is 13.0. The van der Waals surface area contributed by atoms with Crippen LogP contribution in [0.4, 0.5) is 14.5 Å². The molecule has 1 unspecified atom stereocenters. The highest BCUT2D eigenvalue weighted by Crippen LogP contribution is 2.17. The molecule has 1 aromatic carbocycles. The van der Waals surface area contributed by atoms with Crippen molar-refractivity contribution in [3.05, 3.63) is 29.8 Å². The van der Waals surface area contributed by atoms with E-state index in [0.29, 0.717) is 0 Å². The Morgan fingerprint density at radius 3 is 2.39 bits per heavy atom. The minimum atomic E-state index is -1.02. The lowest BCUT2D eigenvalue weighted by Gasteiger charge is -2.18. The molecule has 0 aliphatic rings. The minimum Gasteiger partial charge on any atom is -0.393 e. The van der Waals surface area contributed by atoms with Gasteiger partial charge in [0.2, 0.25) is 5.91 Å². The summed E-state index contributed by atoms with van der Waals surface area (Å²) in [6.07, 6.45) is 0. The van der Waals surface area contributed by atoms with E-state index in [1.807, 2.05) is 0 Å². The average molecular weight is 272 g/mol. The van der Waals surface area contributed by atoms with Crippen molar-refractivity contribution in [3.63, 3.8) is 0 Å². The largest absolute Gasteiger partial charge is 0.393 e. The molecule has 0 spiro atoms. The van der Waals surface area contributed by atoms with E-state index in [1.165, 1.54) is 6.07 Å². The average Bonchev–Trinajstić information content (AvgIpc) is 2.22. The number of anilines is 1. The first kappa shape index (κ1) is 14.5. The van der Waals surface area contributed by atoms with Crippen LogP contribution >= 0.6 is 12.2 Å². The van der Waals surface area contributed by atoms with Crippen LogP contribution in [0.5, 0.6) is 0 Å². The molecule has 0 bridgehead atoms. The SMILES string of the molecule is CC(C)C(C(=O)Nc1ccc(F)c(F)c1)C(N)=S. The van der Waals surface area contributed by atoms with E-state index in [9.17, 15) is 13.6 Å². The molecule has 0 aromatic heterocycles. The molecule has 1 aromatic rings. The smallest absolute Gasteiger partial charge is 0.234 e. The summed E-state index contributed by atoms with van der Waals surface area (Å²) in [4.78, 5) is 12.0. The Balaban J connectivity index is 2.86. The van der Waals surface area contributed by atoms with Crippen LogP contribution in [0.1, 0.15) is 13.8 Å². The van der Waals surface area contributed by atoms with Crippen molar-refractivity contribution in [2.24, 2.45) is 17.6 Å². The number of benzene rings is 1. The first-order chi connectivity index (χ1) is 8.32. The Bertz CT molecular complexity index is 477. The Labute approximate surface area is 109 Å². The van der Waals surface area contributed by atoms with Gasteiger partial charge in [-0.3, -0.25) is 4.79 Å². The zero-order valence-corrected chi connectivity index (χ0v) is 10.9. The van der Waals surface area contributed by atoms with Gasteiger partial charge in [0.05, 0.1) is 10.9 Å². The van der Waals surface area contributed by atoms with Crippen LogP contribution < -0.4 is 11.1 Å². The minimum absolute atomic E-state index is 0.0742. The number of hydrogen-bond donors (Lipinski definition) is 2. The van der Waals surface area contributed by atoms with Crippen LogP contribution in [0.25, 0.3) is 0 Å². The van der Waals surface area contributed by atoms with Gasteiger partial charge in [0.1, 0.15) is 0 Å². The van der Waals surface area contributed by atoms with Crippen molar-refractivity contribution in [1.29, 1.82) is 0 Å². The van der Waals surface area contributed by atoms with E-state index in [1.54, 1.807) is 13.8 Å². The molecule has 0 aliphatic heterocycles. The lowest BCUT2D eigenvalue weighted by Crippen LogP contribution is -2.36. The molecule has 1 atom stereocenters. The third-order valence-electron chi connectivity index (χ3n) is 2.44. The van der Waals surface area contributed by atoms with Crippen LogP contribution in [-0.4, -0.2) is 10.9 Å². The van der Waals surface area contributed by atoms with Gasteiger partial charge < -0.3 is 11.1 Å². The van der Waals surface area contributed by atoms with E-state index in [4.69, 9.17) is 18.0 Å². The summed E-state index contributed by atoms with van der Waals surface area (Å²) in [6, 6.07) is 3.12. The van der Waals surface area contributed by atoms with Crippen molar-refractivity contribution < 1.29 is 13.6 Å². The molecule has 1 amide bonds. The highest BCUT2D eigenvalue weighted by molar-refractivity contribution is 7.80. The Kier molecular flexibility index (Phi) is 4.72. The highest BCUT2D eigenvalue weighted by atomic mass is 32.1. The van der Waals surface area contributed by atoms with E-state index in [0.717, 1.165) is 12.1 Å². The molecular formula is C12H14F2N2OS. The van der Waals surface area contributed by atoms with Gasteiger partial charge in [0.15, 0.2) is 11.6 Å². The van der Waals surface area contributed by atoms with Crippen LogP contribution in [-0.2, 0) is 4.79 Å². The monoisotopic (exact) mass is 272 g/mol. The fourth-order valence-electron chi connectivity index (χ4n) is 1.55. The Hall–Kier alpha value is -1.56. The second-order valence-electron chi connectivity index (χ2n) is 4.24. The number of nitrogens with one attached hydrogen (secondary N) is 1.